The van der Waals surface area contributed by atoms with Crippen molar-refractivity contribution >= 4 is 54.3 Å². The van der Waals surface area contributed by atoms with Gasteiger partial charge in [-0.05, 0) is 390 Å². The molecule has 1 heterocycles. The average molecular weight is 911 g/mol. The molecule has 0 unspecified atom stereocenters. The number of hydrogen-bond donors (Lipinski definition) is 0. The van der Waals surface area contributed by atoms with Gasteiger partial charge in [-0.3, -0.25) is 0 Å². The molecule has 8 aromatic carbocycles. The molecule has 1 nitrogen and oxygen atoms in total. The number of rotatable bonds is 3. The Balaban J connectivity index is 1.68. The van der Waals surface area contributed by atoms with Gasteiger partial charge in [0.05, 0.1) is 0 Å². The molecule has 0 aliphatic heterocycles. The van der Waals surface area contributed by atoms with Crippen molar-refractivity contribution < 1.29 is 4.42 Å². The Labute approximate surface area is 414 Å². The monoisotopic (exact) mass is 911 g/mol. The first-order valence-corrected chi connectivity index (χ1v) is 25.7. The molecular weight excluding hydrogens is 833 g/mol. The van der Waals surface area contributed by atoms with Crippen LogP contribution in [0.3, 0.4) is 0 Å². The Kier molecular flexibility index (Phi) is 11.2. The molecule has 1 aromatic heterocycles. The topological polar surface area (TPSA) is 13.1 Å². The number of furan rings is 1. The third-order valence-electron chi connectivity index (χ3n) is 19.9. The number of fused-ring (bicyclic) bond motifs is 6. The van der Waals surface area contributed by atoms with Crippen molar-refractivity contribution in [3.63, 3.8) is 0 Å². The normalized spacial score (nSPS) is 12.2. The van der Waals surface area contributed by atoms with E-state index in [-0.39, 0.29) is 0 Å². The van der Waals surface area contributed by atoms with Gasteiger partial charge in [0.25, 0.3) is 0 Å². The second-order valence-electron chi connectivity index (χ2n) is 22.3. The van der Waals surface area contributed by atoms with Crippen LogP contribution < -0.4 is 0 Å². The third-order valence-corrected chi connectivity index (χ3v) is 19.9. The lowest BCUT2D eigenvalue weighted by molar-refractivity contribution is 0.661. The quantitative estimate of drug-likeness (QED) is 0.161. The summed E-state index contributed by atoms with van der Waals surface area (Å²) < 4.78 is 7.08. The van der Waals surface area contributed by atoms with E-state index in [0.29, 0.717) is 0 Å². The molecule has 9 rings (SSSR count). The van der Waals surface area contributed by atoms with Crippen molar-refractivity contribution in [3.05, 3.63) is 145 Å². The van der Waals surface area contributed by atoms with Gasteiger partial charge in [-0.25, -0.2) is 0 Å². The molecule has 1 heteroatoms. The van der Waals surface area contributed by atoms with Gasteiger partial charge in [-0.15, -0.1) is 0 Å². The predicted octanol–water partition coefficient (Wildman–Crippen LogP) is 20.1. The molecule has 0 spiro atoms. The van der Waals surface area contributed by atoms with Crippen LogP contribution >= 0.6 is 0 Å². The fourth-order valence-electron chi connectivity index (χ4n) is 13.7. The molecule has 0 saturated heterocycles. The first kappa shape index (κ1) is 48.4. The van der Waals surface area contributed by atoms with Crippen LogP contribution in [0.15, 0.2) is 4.42 Å². The minimum Gasteiger partial charge on any atom is -0.455 e. The van der Waals surface area contributed by atoms with Gasteiger partial charge in [-0.1, -0.05) is 0 Å². The summed E-state index contributed by atoms with van der Waals surface area (Å²) in [6.07, 6.45) is 0. The molecule has 69 heavy (non-hydrogen) atoms. The highest BCUT2D eigenvalue weighted by Gasteiger charge is 2.33. The third kappa shape index (κ3) is 6.01. The second kappa shape index (κ2) is 15.9. The predicted molar refractivity (Wildman–Crippen MR) is 306 cm³/mol. The molecule has 0 fully saturated rings. The molecule has 0 aliphatic carbocycles. The lowest BCUT2D eigenvalue weighted by atomic mass is 9.72. The Morgan fingerprint density at radius 1 is 0.130 bits per heavy atom. The van der Waals surface area contributed by atoms with Crippen LogP contribution in [0.25, 0.3) is 87.6 Å². The minimum absolute atomic E-state index is 1.03. The van der Waals surface area contributed by atoms with E-state index in [1.807, 2.05) is 0 Å². The van der Waals surface area contributed by atoms with E-state index in [0.717, 1.165) is 11.2 Å². The van der Waals surface area contributed by atoms with Crippen molar-refractivity contribution in [1.29, 1.82) is 0 Å². The first-order chi connectivity index (χ1) is 32.2. The Morgan fingerprint density at radius 3 is 0.725 bits per heavy atom. The molecule has 0 N–H and O–H groups in total. The van der Waals surface area contributed by atoms with Crippen LogP contribution in [0.5, 0.6) is 0 Å². The van der Waals surface area contributed by atoms with E-state index in [1.54, 1.807) is 0 Å². The summed E-state index contributed by atoms with van der Waals surface area (Å²) in [5, 5.41) is 11.0. The van der Waals surface area contributed by atoms with Crippen molar-refractivity contribution in [2.45, 2.75) is 180 Å². The van der Waals surface area contributed by atoms with Crippen LogP contribution in [0, 0.1) is 180 Å². The van der Waals surface area contributed by atoms with E-state index in [1.165, 1.54) is 221 Å². The summed E-state index contributed by atoms with van der Waals surface area (Å²) in [5.74, 6) is 0. The molecule has 0 atom stereocenters. The van der Waals surface area contributed by atoms with Crippen LogP contribution in [-0.2, 0) is 0 Å². The van der Waals surface area contributed by atoms with Gasteiger partial charge >= 0.3 is 0 Å². The maximum Gasteiger partial charge on any atom is 0.138 e. The van der Waals surface area contributed by atoms with Gasteiger partial charge < -0.3 is 4.42 Å². The largest absolute Gasteiger partial charge is 0.455 e. The van der Waals surface area contributed by atoms with E-state index < -0.39 is 0 Å². The number of hydrogen-bond acceptors (Lipinski definition) is 1. The molecule has 0 bridgehead atoms. The van der Waals surface area contributed by atoms with Crippen molar-refractivity contribution in [2.24, 2.45) is 0 Å². The van der Waals surface area contributed by atoms with Crippen LogP contribution in [0.2, 0.25) is 0 Å². The standard InChI is InChI=1S/C68H78O/c1-27-28(2)38(12)53(39(13)29(27)3)56-50(24)54-40(14)30(4)31(5)41(15)57(54)62(51(56)25)66-60-44(18)34(8)32(6)42(16)58(60)65(59-43(17)33(7)35(9)45(19)61(59)66)55-47(21)49(23)68-64(52(55)26)63-46(20)36(10)37(11)48(22)67(63)69-68/h1-26H3. The van der Waals surface area contributed by atoms with Gasteiger partial charge in [0.15, 0.2) is 0 Å². The SMILES string of the molecule is Cc1c(C)c(C)c(-c2c(C)c(-c3c4c(C)c(C)c(C)c(C)c4c(-c4c(C)c(C)c5oc6c(C)c(C)c(C)c(C)c6c5c4C)c4c(C)c(C)c(C)c(C)c34)c3c(C)c(C)c(C)c(C)c3c2C)c(C)c1C. The maximum atomic E-state index is 7.08. The highest BCUT2D eigenvalue weighted by molar-refractivity contribution is 6.29. The molecular formula is C68H78O. The Hall–Kier alpha value is -5.66. The van der Waals surface area contributed by atoms with E-state index in [4.69, 9.17) is 4.42 Å². The molecule has 356 valence electrons. The highest BCUT2D eigenvalue weighted by atomic mass is 16.3. The van der Waals surface area contributed by atoms with Gasteiger partial charge in [-0.2, -0.15) is 0 Å². The van der Waals surface area contributed by atoms with Gasteiger partial charge in [0, 0.05) is 10.8 Å². The van der Waals surface area contributed by atoms with Crippen LogP contribution in [0.1, 0.15) is 145 Å². The smallest absolute Gasteiger partial charge is 0.138 e. The lowest BCUT2D eigenvalue weighted by Gasteiger charge is -2.31. The summed E-state index contributed by atoms with van der Waals surface area (Å²) in [7, 11) is 0. The number of aryl methyl sites for hydroxylation is 11. The summed E-state index contributed by atoms with van der Waals surface area (Å²) >= 11 is 0. The first-order valence-electron chi connectivity index (χ1n) is 25.7. The second-order valence-corrected chi connectivity index (χ2v) is 22.3. The molecule has 0 amide bonds. The fourth-order valence-corrected chi connectivity index (χ4v) is 13.7. The zero-order valence-corrected chi connectivity index (χ0v) is 47.4. The fraction of sp³-hybridized carbons (Fsp3) is 0.382. The molecule has 0 aliphatic rings. The van der Waals surface area contributed by atoms with E-state index in [9.17, 15) is 0 Å². The van der Waals surface area contributed by atoms with Crippen molar-refractivity contribution in [1.82, 2.24) is 0 Å². The highest BCUT2D eigenvalue weighted by Crippen LogP contribution is 2.57. The Bertz CT molecular complexity index is 3790. The molecule has 0 saturated carbocycles. The average Bonchev–Trinajstić information content (AvgIpc) is 3.73. The van der Waals surface area contributed by atoms with Crippen LogP contribution in [-0.4, -0.2) is 0 Å². The van der Waals surface area contributed by atoms with Crippen molar-refractivity contribution in [3.8, 4) is 33.4 Å². The lowest BCUT2D eigenvalue weighted by Crippen LogP contribution is -2.08. The number of benzene rings is 8. The zero-order valence-electron chi connectivity index (χ0n) is 47.4. The summed E-state index contributed by atoms with van der Waals surface area (Å²) in [4.78, 5) is 0. The van der Waals surface area contributed by atoms with E-state index in [2.05, 4.69) is 180 Å². The molecule has 0 radical (unpaired) electrons. The van der Waals surface area contributed by atoms with Crippen LogP contribution in [0.4, 0.5) is 0 Å². The summed E-state index contributed by atoms with van der Waals surface area (Å²) in [5.41, 5.74) is 45.9. The minimum atomic E-state index is 1.03. The molecule has 9 aromatic rings. The summed E-state index contributed by atoms with van der Waals surface area (Å²) in [6.45, 7) is 61.6. The zero-order chi connectivity index (χ0) is 51.0. The van der Waals surface area contributed by atoms with E-state index >= 15 is 0 Å². The van der Waals surface area contributed by atoms with Gasteiger partial charge in [0.2, 0.25) is 0 Å². The van der Waals surface area contributed by atoms with Crippen molar-refractivity contribution in [2.75, 3.05) is 0 Å². The maximum absolute atomic E-state index is 7.08. The van der Waals surface area contributed by atoms with Gasteiger partial charge in [0.1, 0.15) is 11.2 Å². The Morgan fingerprint density at radius 2 is 0.333 bits per heavy atom. The summed E-state index contributed by atoms with van der Waals surface area (Å²) in [6, 6.07) is 0.